The molecule has 0 bridgehead atoms. The molecule has 0 fully saturated rings. The van der Waals surface area contributed by atoms with E-state index in [2.05, 4.69) is 47.0 Å². The maximum Gasteiger partial charge on any atom is 0.222 e. The summed E-state index contributed by atoms with van der Waals surface area (Å²) in [7, 11) is 1.50. The van der Waals surface area contributed by atoms with E-state index in [1.165, 1.54) is 24.4 Å². The van der Waals surface area contributed by atoms with Gasteiger partial charge in [0.05, 0.1) is 16.9 Å². The van der Waals surface area contributed by atoms with E-state index in [1.54, 1.807) is 0 Å². The molecule has 4 rings (SSSR count). The number of thiocarbonyl (C=S) groups is 1. The summed E-state index contributed by atoms with van der Waals surface area (Å²) < 4.78 is 12.0. The molecule has 1 aliphatic rings. The Morgan fingerprint density at radius 2 is 1.93 bits per heavy atom. The van der Waals surface area contributed by atoms with Gasteiger partial charge in [0.25, 0.3) is 0 Å². The zero-order valence-corrected chi connectivity index (χ0v) is 17.5. The highest BCUT2D eigenvalue weighted by molar-refractivity contribution is 7.79. The van der Waals surface area contributed by atoms with E-state index in [1.807, 2.05) is 36.4 Å². The fourth-order valence-corrected chi connectivity index (χ4v) is 3.28. The highest BCUT2D eigenvalue weighted by Crippen LogP contribution is 2.37. The second-order valence-corrected chi connectivity index (χ2v) is 7.20. The summed E-state index contributed by atoms with van der Waals surface area (Å²) >= 11 is 4.87. The number of para-hydroxylation sites is 2. The quantitative estimate of drug-likeness (QED) is 0.597. The van der Waals surface area contributed by atoms with E-state index in [0.717, 1.165) is 29.1 Å². The number of rotatable bonds is 5. The molecule has 0 saturated heterocycles. The van der Waals surface area contributed by atoms with E-state index in [4.69, 9.17) is 21.7 Å². The highest BCUT2D eigenvalue weighted by Gasteiger charge is 2.30. The molecule has 6 nitrogen and oxygen atoms in total. The number of hydrogen-bond acceptors (Lipinski definition) is 6. The van der Waals surface area contributed by atoms with Crippen LogP contribution in [0.15, 0.2) is 54.9 Å². The fourth-order valence-electron chi connectivity index (χ4n) is 3.15. The average molecular weight is 409 g/mol. The normalized spacial score (nSPS) is 13.4. The molecular weight excluding hydrogens is 384 g/mol. The van der Waals surface area contributed by atoms with Crippen LogP contribution in [0.5, 0.6) is 17.4 Å². The van der Waals surface area contributed by atoms with Gasteiger partial charge in [-0.15, -0.1) is 0 Å². The van der Waals surface area contributed by atoms with Crippen molar-refractivity contribution in [2.75, 3.05) is 12.4 Å². The zero-order chi connectivity index (χ0) is 20.9. The van der Waals surface area contributed by atoms with Gasteiger partial charge in [-0.25, -0.2) is 9.97 Å². The van der Waals surface area contributed by atoms with Gasteiger partial charge in [-0.2, -0.15) is 0 Å². The third-order valence-electron chi connectivity index (χ3n) is 4.32. The summed E-state index contributed by atoms with van der Waals surface area (Å²) in [5.74, 6) is 2.01. The van der Waals surface area contributed by atoms with Crippen molar-refractivity contribution in [3.8, 4) is 28.6 Å². The number of aromatic nitrogens is 2. The van der Waals surface area contributed by atoms with Crippen molar-refractivity contribution in [1.29, 1.82) is 0 Å². The van der Waals surface area contributed by atoms with E-state index in [-0.39, 0.29) is 5.60 Å². The summed E-state index contributed by atoms with van der Waals surface area (Å²) in [6.07, 6.45) is 2.41. The molecule has 7 heteroatoms. The third-order valence-corrected chi connectivity index (χ3v) is 4.44. The molecule has 1 aliphatic heterocycles. The summed E-state index contributed by atoms with van der Waals surface area (Å²) in [5.41, 5.74) is 9.51. The molecule has 0 saturated carbocycles. The SMILES string of the molecule is CC1(C)Cc2ccc(-c3cc(Oc4ccccc4NC=S)ncn3)cc2O1.CN. The topological polar surface area (TPSA) is 82.3 Å². The van der Waals surface area contributed by atoms with Crippen LogP contribution in [-0.4, -0.2) is 28.1 Å². The largest absolute Gasteiger partial charge is 0.487 e. The molecule has 0 atom stereocenters. The Balaban J connectivity index is 0.00000117. The Kier molecular flexibility index (Phi) is 6.41. The first-order valence-corrected chi connectivity index (χ1v) is 9.70. The molecule has 150 valence electrons. The Morgan fingerprint density at radius 1 is 1.14 bits per heavy atom. The van der Waals surface area contributed by atoms with Gasteiger partial charge in [-0.1, -0.05) is 36.5 Å². The average Bonchev–Trinajstić information content (AvgIpc) is 3.04. The summed E-state index contributed by atoms with van der Waals surface area (Å²) in [6.45, 7) is 4.18. The predicted octanol–water partition coefficient (Wildman–Crippen LogP) is 4.59. The molecule has 3 aromatic rings. The van der Waals surface area contributed by atoms with Crippen molar-refractivity contribution in [2.45, 2.75) is 25.9 Å². The summed E-state index contributed by atoms with van der Waals surface area (Å²) in [6, 6.07) is 15.5. The Hall–Kier alpha value is -3.03. The van der Waals surface area contributed by atoms with Crippen LogP contribution >= 0.6 is 12.2 Å². The molecule has 0 spiro atoms. The van der Waals surface area contributed by atoms with Crippen molar-refractivity contribution in [2.24, 2.45) is 5.73 Å². The molecule has 3 N–H and O–H groups in total. The van der Waals surface area contributed by atoms with Gasteiger partial charge in [0.2, 0.25) is 5.88 Å². The van der Waals surface area contributed by atoms with Gasteiger partial charge in [-0.3, -0.25) is 0 Å². The van der Waals surface area contributed by atoms with Crippen LogP contribution in [0.2, 0.25) is 0 Å². The van der Waals surface area contributed by atoms with Gasteiger partial charge in [0.1, 0.15) is 17.7 Å². The minimum Gasteiger partial charge on any atom is -0.487 e. The van der Waals surface area contributed by atoms with Gasteiger partial charge in [-0.05, 0) is 44.7 Å². The van der Waals surface area contributed by atoms with Crippen molar-refractivity contribution in [3.63, 3.8) is 0 Å². The van der Waals surface area contributed by atoms with Gasteiger partial charge < -0.3 is 20.5 Å². The first-order chi connectivity index (χ1) is 14.0. The van der Waals surface area contributed by atoms with Gasteiger partial charge >= 0.3 is 0 Å². The van der Waals surface area contributed by atoms with Crippen LogP contribution in [0.3, 0.4) is 0 Å². The van der Waals surface area contributed by atoms with E-state index in [9.17, 15) is 0 Å². The van der Waals surface area contributed by atoms with Crippen LogP contribution in [0.25, 0.3) is 11.3 Å². The number of nitrogens with two attached hydrogens (primary N) is 1. The lowest BCUT2D eigenvalue weighted by Crippen LogP contribution is -2.24. The number of benzene rings is 2. The standard InChI is InChI=1S/C21H19N3O2S.CH5N/c1-21(2)11-15-8-7-14(9-19(15)26-21)17-10-20(23-12-22-17)25-18-6-4-3-5-16(18)24-13-27;1-2/h3-10,12-13H,11H2,1-2H3,(H,24,27);2H2,1H3. The second-order valence-electron chi connectivity index (χ2n) is 6.96. The number of nitrogens with one attached hydrogen (secondary N) is 1. The lowest BCUT2D eigenvalue weighted by Gasteiger charge is -2.16. The molecule has 0 unspecified atom stereocenters. The van der Waals surface area contributed by atoms with Crippen LogP contribution in [-0.2, 0) is 6.42 Å². The molecular formula is C22H24N4O2S. The molecule has 29 heavy (non-hydrogen) atoms. The molecule has 0 aliphatic carbocycles. The predicted molar refractivity (Wildman–Crippen MR) is 120 cm³/mol. The van der Waals surface area contributed by atoms with Crippen LogP contribution < -0.4 is 20.5 Å². The van der Waals surface area contributed by atoms with Crippen molar-refractivity contribution in [3.05, 3.63) is 60.4 Å². The van der Waals surface area contributed by atoms with Crippen LogP contribution in [0.1, 0.15) is 19.4 Å². The number of anilines is 1. The molecule has 2 aromatic carbocycles. The van der Waals surface area contributed by atoms with Crippen molar-refractivity contribution < 1.29 is 9.47 Å². The second kappa shape index (κ2) is 8.98. The summed E-state index contributed by atoms with van der Waals surface area (Å²) in [4.78, 5) is 8.62. The number of fused-ring (bicyclic) bond motifs is 1. The summed E-state index contributed by atoms with van der Waals surface area (Å²) in [5, 5.41) is 2.98. The Labute approximate surface area is 176 Å². The fraction of sp³-hybridized carbons (Fsp3) is 0.227. The minimum atomic E-state index is -0.167. The zero-order valence-electron chi connectivity index (χ0n) is 16.7. The number of nitrogens with zero attached hydrogens (tertiary/aromatic N) is 2. The monoisotopic (exact) mass is 408 g/mol. The molecule has 0 amide bonds. The van der Waals surface area contributed by atoms with Gasteiger partial charge in [0, 0.05) is 18.1 Å². The van der Waals surface area contributed by atoms with Crippen LogP contribution in [0, 0.1) is 0 Å². The molecule has 1 aromatic heterocycles. The van der Waals surface area contributed by atoms with Crippen LogP contribution in [0.4, 0.5) is 5.69 Å². The first kappa shape index (κ1) is 20.7. The Morgan fingerprint density at radius 3 is 2.72 bits per heavy atom. The maximum absolute atomic E-state index is 6.03. The maximum atomic E-state index is 6.03. The molecule has 0 radical (unpaired) electrons. The van der Waals surface area contributed by atoms with E-state index < -0.39 is 0 Å². The first-order valence-electron chi connectivity index (χ1n) is 9.23. The number of ether oxygens (including phenoxy) is 2. The Bertz CT molecular complexity index is 1010. The molecule has 2 heterocycles. The van der Waals surface area contributed by atoms with E-state index >= 15 is 0 Å². The smallest absolute Gasteiger partial charge is 0.222 e. The number of hydrogen-bond donors (Lipinski definition) is 2. The third kappa shape index (κ3) is 4.88. The van der Waals surface area contributed by atoms with Crippen molar-refractivity contribution >= 4 is 23.4 Å². The van der Waals surface area contributed by atoms with Gasteiger partial charge in [0.15, 0.2) is 5.75 Å². The van der Waals surface area contributed by atoms with E-state index in [0.29, 0.717) is 11.6 Å². The minimum absolute atomic E-state index is 0.167. The lowest BCUT2D eigenvalue weighted by atomic mass is 10.0. The highest BCUT2D eigenvalue weighted by atomic mass is 32.1. The lowest BCUT2D eigenvalue weighted by molar-refractivity contribution is 0.138. The van der Waals surface area contributed by atoms with Crippen molar-refractivity contribution in [1.82, 2.24) is 9.97 Å².